The molecule has 0 bridgehead atoms. The summed E-state index contributed by atoms with van der Waals surface area (Å²) in [7, 11) is 1.78. The monoisotopic (exact) mass is 355 g/mol. The standard InChI is InChI=1S/C19H29N7/c1-3-26(13-14-7-4-5-8-14)18-16(11-15-9-6-10-17(15)21-18)12-20-19-22-24-25(2)23-19/h11,14H,3-10,12-13H2,1-2H3,(H,20,23). The van der Waals surface area contributed by atoms with E-state index in [-0.39, 0.29) is 0 Å². The number of nitrogens with one attached hydrogen (secondary N) is 1. The Morgan fingerprint density at radius 1 is 1.23 bits per heavy atom. The Bertz CT molecular complexity index is 748. The third-order valence-electron chi connectivity index (χ3n) is 5.69. The quantitative estimate of drug-likeness (QED) is 0.823. The SMILES string of the molecule is CCN(CC1CCCC1)c1nc2c(cc1CNc1nnn(C)n1)CCC2. The summed E-state index contributed by atoms with van der Waals surface area (Å²) in [4.78, 5) is 9.06. The fraction of sp³-hybridized carbons (Fsp3) is 0.684. The fourth-order valence-corrected chi connectivity index (χ4v) is 4.31. The molecule has 0 atom stereocenters. The second kappa shape index (κ2) is 7.60. The van der Waals surface area contributed by atoms with Gasteiger partial charge >= 0.3 is 0 Å². The van der Waals surface area contributed by atoms with Crippen molar-refractivity contribution in [1.82, 2.24) is 25.2 Å². The molecule has 7 heteroatoms. The van der Waals surface area contributed by atoms with Gasteiger partial charge in [0.1, 0.15) is 5.82 Å². The summed E-state index contributed by atoms with van der Waals surface area (Å²) in [5.41, 5.74) is 3.96. The molecule has 1 fully saturated rings. The Kier molecular flexibility index (Phi) is 5.04. The van der Waals surface area contributed by atoms with E-state index in [1.165, 1.54) is 53.7 Å². The summed E-state index contributed by atoms with van der Waals surface area (Å²) in [5.74, 6) is 2.53. The van der Waals surface area contributed by atoms with Gasteiger partial charge in [-0.2, -0.15) is 4.80 Å². The highest BCUT2D eigenvalue weighted by Gasteiger charge is 2.23. The summed E-state index contributed by atoms with van der Waals surface area (Å²) >= 11 is 0. The Balaban J connectivity index is 1.58. The minimum Gasteiger partial charge on any atom is -0.356 e. The molecule has 0 amide bonds. The first kappa shape index (κ1) is 17.2. The molecule has 2 aromatic heterocycles. The number of pyridine rings is 1. The molecule has 2 aromatic rings. The molecule has 4 rings (SSSR count). The van der Waals surface area contributed by atoms with E-state index in [0.717, 1.165) is 37.7 Å². The molecule has 26 heavy (non-hydrogen) atoms. The van der Waals surface area contributed by atoms with Crippen molar-refractivity contribution in [1.29, 1.82) is 0 Å². The van der Waals surface area contributed by atoms with Crippen LogP contribution < -0.4 is 10.2 Å². The van der Waals surface area contributed by atoms with Gasteiger partial charge in [-0.1, -0.05) is 17.9 Å². The summed E-state index contributed by atoms with van der Waals surface area (Å²) in [6.45, 7) is 5.05. The zero-order valence-corrected chi connectivity index (χ0v) is 15.9. The molecule has 0 spiro atoms. The molecular weight excluding hydrogens is 326 g/mol. The maximum absolute atomic E-state index is 5.11. The Morgan fingerprint density at radius 3 is 2.81 bits per heavy atom. The van der Waals surface area contributed by atoms with E-state index >= 15 is 0 Å². The van der Waals surface area contributed by atoms with E-state index < -0.39 is 0 Å². The lowest BCUT2D eigenvalue weighted by molar-refractivity contribution is 0.532. The Morgan fingerprint density at radius 2 is 2.08 bits per heavy atom. The van der Waals surface area contributed by atoms with Gasteiger partial charge in [0.15, 0.2) is 0 Å². The lowest BCUT2D eigenvalue weighted by Gasteiger charge is -2.28. The highest BCUT2D eigenvalue weighted by atomic mass is 15.6. The number of aromatic nitrogens is 5. The number of aryl methyl sites for hydroxylation is 3. The minimum absolute atomic E-state index is 0.567. The van der Waals surface area contributed by atoms with Gasteiger partial charge in [0, 0.05) is 30.9 Å². The van der Waals surface area contributed by atoms with Crippen LogP contribution in [0.2, 0.25) is 0 Å². The molecule has 0 aromatic carbocycles. The van der Waals surface area contributed by atoms with Gasteiger partial charge in [-0.3, -0.25) is 0 Å². The Labute approximate surface area is 155 Å². The van der Waals surface area contributed by atoms with Gasteiger partial charge in [-0.25, -0.2) is 4.98 Å². The summed E-state index contributed by atoms with van der Waals surface area (Å²) in [6.07, 6.45) is 8.96. The van der Waals surface area contributed by atoms with Gasteiger partial charge in [-0.05, 0) is 61.8 Å². The molecule has 1 saturated carbocycles. The molecule has 2 aliphatic rings. The number of fused-ring (bicyclic) bond motifs is 1. The molecule has 2 heterocycles. The smallest absolute Gasteiger partial charge is 0.263 e. The lowest BCUT2D eigenvalue weighted by Crippen LogP contribution is -2.30. The molecule has 0 aliphatic heterocycles. The lowest BCUT2D eigenvalue weighted by atomic mass is 10.1. The van der Waals surface area contributed by atoms with Gasteiger partial charge in [-0.15, -0.1) is 5.10 Å². The van der Waals surface area contributed by atoms with Crippen molar-refractivity contribution < 1.29 is 0 Å². The van der Waals surface area contributed by atoms with Crippen LogP contribution in [0.25, 0.3) is 0 Å². The molecule has 7 nitrogen and oxygen atoms in total. The first-order chi connectivity index (χ1) is 12.7. The predicted molar refractivity (Wildman–Crippen MR) is 102 cm³/mol. The van der Waals surface area contributed by atoms with Crippen LogP contribution in [0.5, 0.6) is 0 Å². The van der Waals surface area contributed by atoms with Gasteiger partial charge in [0.25, 0.3) is 5.95 Å². The van der Waals surface area contributed by atoms with Crippen LogP contribution in [-0.4, -0.2) is 38.3 Å². The number of hydrogen-bond acceptors (Lipinski definition) is 6. The van der Waals surface area contributed by atoms with E-state index in [0.29, 0.717) is 12.5 Å². The number of anilines is 2. The first-order valence-corrected chi connectivity index (χ1v) is 9.97. The number of tetrazole rings is 1. The highest BCUT2D eigenvalue weighted by Crippen LogP contribution is 2.31. The van der Waals surface area contributed by atoms with Gasteiger partial charge < -0.3 is 10.2 Å². The van der Waals surface area contributed by atoms with E-state index in [1.807, 2.05) is 0 Å². The average molecular weight is 355 g/mol. The maximum Gasteiger partial charge on any atom is 0.263 e. The van der Waals surface area contributed by atoms with E-state index in [1.54, 1.807) is 7.05 Å². The molecule has 1 N–H and O–H groups in total. The molecule has 140 valence electrons. The van der Waals surface area contributed by atoms with Crippen molar-refractivity contribution in [3.63, 3.8) is 0 Å². The fourth-order valence-electron chi connectivity index (χ4n) is 4.31. The molecule has 2 aliphatic carbocycles. The largest absolute Gasteiger partial charge is 0.356 e. The second-order valence-corrected chi connectivity index (χ2v) is 7.58. The van der Waals surface area contributed by atoms with Gasteiger partial charge in [0.2, 0.25) is 0 Å². The van der Waals surface area contributed by atoms with Crippen molar-refractivity contribution >= 4 is 11.8 Å². The molecule has 0 unspecified atom stereocenters. The van der Waals surface area contributed by atoms with Crippen molar-refractivity contribution in [2.45, 2.75) is 58.4 Å². The minimum atomic E-state index is 0.567. The number of rotatable bonds is 7. The Hall–Kier alpha value is -2.18. The van der Waals surface area contributed by atoms with Crippen LogP contribution in [0, 0.1) is 5.92 Å². The van der Waals surface area contributed by atoms with E-state index in [4.69, 9.17) is 4.98 Å². The highest BCUT2D eigenvalue weighted by molar-refractivity contribution is 5.52. The maximum atomic E-state index is 5.11. The van der Waals surface area contributed by atoms with Crippen LogP contribution in [0.4, 0.5) is 11.8 Å². The normalized spacial score (nSPS) is 16.8. The predicted octanol–water partition coefficient (Wildman–Crippen LogP) is 2.72. The molecule has 0 saturated heterocycles. The topological polar surface area (TPSA) is 71.8 Å². The second-order valence-electron chi connectivity index (χ2n) is 7.58. The number of hydrogen-bond donors (Lipinski definition) is 1. The van der Waals surface area contributed by atoms with E-state index in [9.17, 15) is 0 Å². The third-order valence-corrected chi connectivity index (χ3v) is 5.69. The van der Waals surface area contributed by atoms with Gasteiger partial charge in [0.05, 0.1) is 7.05 Å². The average Bonchev–Trinajstić information content (AvgIpc) is 3.39. The number of nitrogens with zero attached hydrogens (tertiary/aromatic N) is 6. The molecular formula is C19H29N7. The summed E-state index contributed by atoms with van der Waals surface area (Å²) < 4.78 is 0. The van der Waals surface area contributed by atoms with Crippen molar-refractivity contribution in [2.24, 2.45) is 13.0 Å². The van der Waals surface area contributed by atoms with E-state index in [2.05, 4.69) is 38.6 Å². The van der Waals surface area contributed by atoms with Crippen LogP contribution in [0.1, 0.15) is 55.8 Å². The van der Waals surface area contributed by atoms with Crippen LogP contribution >= 0.6 is 0 Å². The zero-order chi connectivity index (χ0) is 17.9. The van der Waals surface area contributed by atoms with Crippen LogP contribution in [0.15, 0.2) is 6.07 Å². The first-order valence-electron chi connectivity index (χ1n) is 9.97. The third kappa shape index (κ3) is 3.66. The van der Waals surface area contributed by atoms with Crippen LogP contribution in [-0.2, 0) is 26.4 Å². The summed E-state index contributed by atoms with van der Waals surface area (Å²) in [6, 6.07) is 2.35. The van der Waals surface area contributed by atoms with Crippen molar-refractivity contribution in [3.8, 4) is 0 Å². The molecule has 0 radical (unpaired) electrons. The van der Waals surface area contributed by atoms with Crippen molar-refractivity contribution in [3.05, 3.63) is 22.9 Å². The van der Waals surface area contributed by atoms with Crippen LogP contribution in [0.3, 0.4) is 0 Å². The van der Waals surface area contributed by atoms with Crippen molar-refractivity contribution in [2.75, 3.05) is 23.3 Å². The zero-order valence-electron chi connectivity index (χ0n) is 15.9. The summed E-state index contributed by atoms with van der Waals surface area (Å²) in [5, 5.41) is 15.5.